The van der Waals surface area contributed by atoms with E-state index in [9.17, 15) is 4.79 Å². The van der Waals surface area contributed by atoms with E-state index in [1.165, 1.54) is 16.7 Å². The molecule has 130 valence electrons. The van der Waals surface area contributed by atoms with Crippen LogP contribution < -0.4 is 10.6 Å². The maximum Gasteiger partial charge on any atom is 0.407 e. The molecule has 0 saturated heterocycles. The van der Waals surface area contributed by atoms with E-state index in [1.54, 1.807) is 0 Å². The predicted octanol–water partition coefficient (Wildman–Crippen LogP) is 4.09. The fourth-order valence-corrected chi connectivity index (χ4v) is 2.32. The molecular weight excluding hydrogens is 288 g/mol. The molecule has 1 atom stereocenters. The number of ether oxygens (including phenoxy) is 1. The average molecular weight is 320 g/mol. The van der Waals surface area contributed by atoms with Crippen LogP contribution in [0.4, 0.5) is 4.79 Å². The number of amides is 1. The lowest BCUT2D eigenvalue weighted by molar-refractivity contribution is 0.0521. The summed E-state index contributed by atoms with van der Waals surface area (Å²) in [5, 5.41) is 6.39. The Bertz CT molecular complexity index is 507. The van der Waals surface area contributed by atoms with Gasteiger partial charge in [-0.1, -0.05) is 31.5 Å². The van der Waals surface area contributed by atoms with Crippen LogP contribution in [-0.4, -0.2) is 24.3 Å². The van der Waals surface area contributed by atoms with Gasteiger partial charge in [-0.25, -0.2) is 4.79 Å². The van der Waals surface area contributed by atoms with Crippen LogP contribution in [0.1, 0.15) is 57.2 Å². The average Bonchev–Trinajstić information content (AvgIpc) is 2.43. The molecule has 0 aliphatic carbocycles. The molecule has 0 aliphatic heterocycles. The van der Waals surface area contributed by atoms with Crippen molar-refractivity contribution in [1.29, 1.82) is 0 Å². The second kappa shape index (κ2) is 8.92. The maximum atomic E-state index is 11.8. The molecule has 0 fully saturated rings. The van der Waals surface area contributed by atoms with E-state index < -0.39 is 5.60 Å². The van der Waals surface area contributed by atoms with E-state index in [0.717, 1.165) is 19.4 Å². The van der Waals surface area contributed by atoms with Gasteiger partial charge in [0.2, 0.25) is 0 Å². The summed E-state index contributed by atoms with van der Waals surface area (Å²) in [6.07, 6.45) is 1.73. The van der Waals surface area contributed by atoms with E-state index >= 15 is 0 Å². The van der Waals surface area contributed by atoms with Crippen LogP contribution >= 0.6 is 0 Å². The van der Waals surface area contributed by atoms with Gasteiger partial charge in [-0.15, -0.1) is 0 Å². The van der Waals surface area contributed by atoms with Crippen LogP contribution in [0.2, 0.25) is 0 Å². The second-order valence-corrected chi connectivity index (χ2v) is 7.17. The Hall–Kier alpha value is -1.55. The molecule has 1 aromatic rings. The smallest absolute Gasteiger partial charge is 0.407 e. The third kappa shape index (κ3) is 8.03. The van der Waals surface area contributed by atoms with Gasteiger partial charge in [0.15, 0.2) is 0 Å². The number of nitrogens with one attached hydrogen (secondary N) is 2. The number of benzene rings is 1. The van der Waals surface area contributed by atoms with Gasteiger partial charge in [-0.2, -0.15) is 0 Å². The molecule has 1 rings (SSSR count). The minimum Gasteiger partial charge on any atom is -0.444 e. The zero-order valence-corrected chi connectivity index (χ0v) is 15.5. The van der Waals surface area contributed by atoms with Crippen LogP contribution in [0, 0.1) is 13.8 Å². The number of aryl methyl sites for hydroxylation is 2. The normalized spacial score (nSPS) is 12.8. The summed E-state index contributed by atoms with van der Waals surface area (Å²) in [5.41, 5.74) is 3.43. The van der Waals surface area contributed by atoms with Crippen LogP contribution in [0.5, 0.6) is 0 Å². The first-order valence-electron chi connectivity index (χ1n) is 8.47. The summed E-state index contributed by atoms with van der Waals surface area (Å²) in [6.45, 7) is 13.4. The summed E-state index contributed by atoms with van der Waals surface area (Å²) in [7, 11) is 0. The Morgan fingerprint density at radius 1 is 1.22 bits per heavy atom. The lowest BCUT2D eigenvalue weighted by Crippen LogP contribution is -2.42. The van der Waals surface area contributed by atoms with Crippen molar-refractivity contribution in [2.75, 3.05) is 6.54 Å². The zero-order chi connectivity index (χ0) is 17.5. The summed E-state index contributed by atoms with van der Waals surface area (Å²) in [5.74, 6) is 0. The van der Waals surface area contributed by atoms with Crippen molar-refractivity contribution in [3.05, 3.63) is 34.9 Å². The molecule has 0 heterocycles. The van der Waals surface area contributed by atoms with Crippen LogP contribution in [0.15, 0.2) is 18.2 Å². The monoisotopic (exact) mass is 320 g/mol. The highest BCUT2D eigenvalue weighted by Crippen LogP contribution is 2.10. The maximum absolute atomic E-state index is 11.8. The number of alkyl carbamates (subject to hydrolysis) is 1. The Morgan fingerprint density at radius 2 is 1.91 bits per heavy atom. The van der Waals surface area contributed by atoms with Crippen LogP contribution in [-0.2, 0) is 11.3 Å². The van der Waals surface area contributed by atoms with Gasteiger partial charge in [0.05, 0.1) is 0 Å². The van der Waals surface area contributed by atoms with Crippen LogP contribution in [0.25, 0.3) is 0 Å². The Balaban J connectivity index is 2.48. The third-order valence-corrected chi connectivity index (χ3v) is 3.70. The third-order valence-electron chi connectivity index (χ3n) is 3.70. The molecule has 2 N–H and O–H groups in total. The van der Waals surface area contributed by atoms with Crippen molar-refractivity contribution in [2.45, 2.75) is 72.6 Å². The van der Waals surface area contributed by atoms with Gasteiger partial charge < -0.3 is 15.4 Å². The highest BCUT2D eigenvalue weighted by molar-refractivity contribution is 5.67. The predicted molar refractivity (Wildman–Crippen MR) is 95.7 cm³/mol. The number of hydrogen-bond donors (Lipinski definition) is 2. The van der Waals surface area contributed by atoms with Gasteiger partial charge in [-0.3, -0.25) is 0 Å². The highest BCUT2D eigenvalue weighted by Gasteiger charge is 2.17. The molecule has 0 saturated carbocycles. The molecule has 4 nitrogen and oxygen atoms in total. The number of carbonyl (C=O) groups is 1. The van der Waals surface area contributed by atoms with Gasteiger partial charge >= 0.3 is 6.09 Å². The number of hydrogen-bond acceptors (Lipinski definition) is 3. The summed E-state index contributed by atoms with van der Waals surface area (Å²) in [4.78, 5) is 11.8. The highest BCUT2D eigenvalue weighted by atomic mass is 16.6. The molecule has 23 heavy (non-hydrogen) atoms. The quantitative estimate of drug-likeness (QED) is 0.795. The Kier molecular flexibility index (Phi) is 7.56. The molecule has 1 aromatic carbocycles. The Morgan fingerprint density at radius 3 is 2.48 bits per heavy atom. The van der Waals surface area contributed by atoms with Crippen molar-refractivity contribution >= 4 is 6.09 Å². The fraction of sp³-hybridized carbons (Fsp3) is 0.632. The summed E-state index contributed by atoms with van der Waals surface area (Å²) < 4.78 is 5.28. The van der Waals surface area contributed by atoms with Crippen molar-refractivity contribution in [3.8, 4) is 0 Å². The van der Waals surface area contributed by atoms with Gasteiger partial charge in [0.25, 0.3) is 0 Å². The lowest BCUT2D eigenvalue weighted by Gasteiger charge is -2.22. The molecule has 4 heteroatoms. The molecule has 1 amide bonds. The zero-order valence-electron chi connectivity index (χ0n) is 15.5. The van der Waals surface area contributed by atoms with E-state index in [4.69, 9.17) is 4.74 Å². The van der Waals surface area contributed by atoms with E-state index in [1.807, 2.05) is 20.8 Å². The van der Waals surface area contributed by atoms with E-state index in [2.05, 4.69) is 49.6 Å². The van der Waals surface area contributed by atoms with Crippen LogP contribution in [0.3, 0.4) is 0 Å². The first kappa shape index (κ1) is 19.5. The standard InChI is InChI=1S/C19H32N2O2/c1-7-8-17(13-21-18(22)23-19(4,5)6)20-12-16-10-9-14(2)15(3)11-16/h9-11,17,20H,7-8,12-13H2,1-6H3,(H,21,22). The lowest BCUT2D eigenvalue weighted by atomic mass is 10.1. The van der Waals surface area contributed by atoms with Crippen molar-refractivity contribution < 1.29 is 9.53 Å². The summed E-state index contributed by atoms with van der Waals surface area (Å²) in [6, 6.07) is 6.76. The summed E-state index contributed by atoms with van der Waals surface area (Å²) >= 11 is 0. The minimum absolute atomic E-state index is 0.245. The molecule has 0 spiro atoms. The van der Waals surface area contributed by atoms with E-state index in [-0.39, 0.29) is 12.1 Å². The number of rotatable bonds is 7. The minimum atomic E-state index is -0.461. The SMILES string of the molecule is CCCC(CNC(=O)OC(C)(C)C)NCc1ccc(C)c(C)c1. The molecule has 0 aliphatic rings. The fourth-order valence-electron chi connectivity index (χ4n) is 2.32. The van der Waals surface area contributed by atoms with Gasteiger partial charge in [0.1, 0.15) is 5.60 Å². The largest absolute Gasteiger partial charge is 0.444 e. The van der Waals surface area contributed by atoms with Crippen molar-refractivity contribution in [2.24, 2.45) is 0 Å². The molecular formula is C19H32N2O2. The molecule has 0 radical (unpaired) electrons. The first-order valence-corrected chi connectivity index (χ1v) is 8.47. The molecule has 0 bridgehead atoms. The topological polar surface area (TPSA) is 50.4 Å². The van der Waals surface area contributed by atoms with Gasteiger partial charge in [0, 0.05) is 19.1 Å². The second-order valence-electron chi connectivity index (χ2n) is 7.17. The van der Waals surface area contributed by atoms with Crippen molar-refractivity contribution in [3.63, 3.8) is 0 Å². The number of carbonyl (C=O) groups excluding carboxylic acids is 1. The van der Waals surface area contributed by atoms with E-state index in [0.29, 0.717) is 6.54 Å². The van der Waals surface area contributed by atoms with Crippen molar-refractivity contribution in [1.82, 2.24) is 10.6 Å². The van der Waals surface area contributed by atoms with Gasteiger partial charge in [-0.05, 0) is 57.7 Å². The molecule has 1 unspecified atom stereocenters. The molecule has 0 aromatic heterocycles. The first-order chi connectivity index (χ1) is 10.7. The Labute approximate surface area is 141 Å².